The Kier molecular flexibility index (Phi) is 5.05. The molecule has 0 atom stereocenters. The number of nitrogens with one attached hydrogen (secondary N) is 1. The Morgan fingerprint density at radius 2 is 1.68 bits per heavy atom. The molecule has 1 aromatic carbocycles. The standard InChI is InChI=1S/C9H8O4.C4H7NO/c1-5-6(8(10)11)3-2-4-7(5)9(12)13;6-4-2-1-3-5-4/h2-4H,1H3,(H,10,11)(H,12,13);1-3H2,(H,5,6). The zero-order valence-corrected chi connectivity index (χ0v) is 10.5. The van der Waals surface area contributed by atoms with Crippen LogP contribution in [0.4, 0.5) is 0 Å². The van der Waals surface area contributed by atoms with Gasteiger partial charge < -0.3 is 15.5 Å². The van der Waals surface area contributed by atoms with Gasteiger partial charge in [0.05, 0.1) is 11.1 Å². The van der Waals surface area contributed by atoms with E-state index in [1.54, 1.807) is 0 Å². The van der Waals surface area contributed by atoms with Crippen LogP contribution in [0.25, 0.3) is 0 Å². The summed E-state index contributed by atoms with van der Waals surface area (Å²) in [6.45, 7) is 2.37. The number of rotatable bonds is 2. The van der Waals surface area contributed by atoms with Crippen molar-refractivity contribution < 1.29 is 24.6 Å². The minimum Gasteiger partial charge on any atom is -0.478 e. The van der Waals surface area contributed by atoms with E-state index in [1.807, 2.05) is 0 Å². The van der Waals surface area contributed by atoms with Gasteiger partial charge in [0.15, 0.2) is 0 Å². The van der Waals surface area contributed by atoms with Crippen LogP contribution in [0.1, 0.15) is 39.1 Å². The second-order valence-electron chi connectivity index (χ2n) is 4.04. The number of benzene rings is 1. The van der Waals surface area contributed by atoms with Crippen LogP contribution in [0.5, 0.6) is 0 Å². The first-order chi connectivity index (χ1) is 8.93. The molecule has 6 nitrogen and oxygen atoms in total. The molecule has 0 radical (unpaired) electrons. The molecule has 1 aliphatic heterocycles. The molecule has 6 heteroatoms. The molecule has 1 fully saturated rings. The van der Waals surface area contributed by atoms with Gasteiger partial charge in [0.1, 0.15) is 0 Å². The minimum absolute atomic E-state index is 0.0277. The van der Waals surface area contributed by atoms with Crippen molar-refractivity contribution >= 4 is 17.8 Å². The van der Waals surface area contributed by atoms with Crippen molar-refractivity contribution in [1.29, 1.82) is 0 Å². The van der Waals surface area contributed by atoms with E-state index in [-0.39, 0.29) is 22.6 Å². The van der Waals surface area contributed by atoms with E-state index in [1.165, 1.54) is 25.1 Å². The van der Waals surface area contributed by atoms with E-state index in [2.05, 4.69) is 5.32 Å². The number of aromatic carboxylic acids is 2. The Hall–Kier alpha value is -2.37. The maximum atomic E-state index is 10.6. The molecular weight excluding hydrogens is 250 g/mol. The minimum atomic E-state index is -1.11. The summed E-state index contributed by atoms with van der Waals surface area (Å²) in [5.74, 6) is -2.02. The van der Waals surface area contributed by atoms with E-state index in [0.717, 1.165) is 19.4 Å². The molecule has 0 aromatic heterocycles. The molecule has 0 spiro atoms. The lowest BCUT2D eigenvalue weighted by Crippen LogP contribution is -2.12. The largest absolute Gasteiger partial charge is 0.478 e. The second kappa shape index (κ2) is 6.53. The predicted molar refractivity (Wildman–Crippen MR) is 67.3 cm³/mol. The summed E-state index contributed by atoms with van der Waals surface area (Å²) in [6.07, 6.45) is 1.76. The summed E-state index contributed by atoms with van der Waals surface area (Å²) in [5.41, 5.74) is 0.335. The third-order valence-corrected chi connectivity index (χ3v) is 2.70. The van der Waals surface area contributed by atoms with Crippen LogP contribution < -0.4 is 5.32 Å². The number of hydrogen-bond acceptors (Lipinski definition) is 3. The van der Waals surface area contributed by atoms with Gasteiger partial charge >= 0.3 is 11.9 Å². The highest BCUT2D eigenvalue weighted by Gasteiger charge is 2.13. The maximum Gasteiger partial charge on any atom is 0.335 e. The fourth-order valence-electron chi connectivity index (χ4n) is 1.66. The molecule has 1 aromatic rings. The molecule has 0 bridgehead atoms. The molecule has 1 saturated heterocycles. The summed E-state index contributed by atoms with van der Waals surface area (Å²) < 4.78 is 0. The lowest BCUT2D eigenvalue weighted by molar-refractivity contribution is -0.119. The molecule has 1 aliphatic rings. The van der Waals surface area contributed by atoms with Gasteiger partial charge in [0.25, 0.3) is 0 Å². The highest BCUT2D eigenvalue weighted by atomic mass is 16.4. The first kappa shape index (κ1) is 14.7. The van der Waals surface area contributed by atoms with Crippen molar-refractivity contribution in [2.24, 2.45) is 0 Å². The van der Waals surface area contributed by atoms with E-state index >= 15 is 0 Å². The van der Waals surface area contributed by atoms with Crippen molar-refractivity contribution in [2.75, 3.05) is 6.54 Å². The SMILES string of the molecule is Cc1c(C(=O)O)cccc1C(=O)O.O=C1CCCN1. The lowest BCUT2D eigenvalue weighted by Gasteiger charge is -2.03. The van der Waals surface area contributed by atoms with Crippen LogP contribution >= 0.6 is 0 Å². The topological polar surface area (TPSA) is 104 Å². The van der Waals surface area contributed by atoms with Gasteiger partial charge in [-0.15, -0.1) is 0 Å². The molecule has 102 valence electrons. The van der Waals surface area contributed by atoms with E-state index in [9.17, 15) is 14.4 Å². The van der Waals surface area contributed by atoms with Gasteiger partial charge in [0.2, 0.25) is 5.91 Å². The number of carbonyl (C=O) groups is 3. The predicted octanol–water partition coefficient (Wildman–Crippen LogP) is 1.29. The highest BCUT2D eigenvalue weighted by Crippen LogP contribution is 2.13. The fourth-order valence-corrected chi connectivity index (χ4v) is 1.66. The first-order valence-corrected chi connectivity index (χ1v) is 5.76. The molecule has 1 amide bonds. The van der Waals surface area contributed by atoms with Crippen LogP contribution in [0, 0.1) is 6.92 Å². The summed E-state index contributed by atoms with van der Waals surface area (Å²) in [4.78, 5) is 31.3. The smallest absolute Gasteiger partial charge is 0.335 e. The second-order valence-corrected chi connectivity index (χ2v) is 4.04. The third kappa shape index (κ3) is 4.09. The highest BCUT2D eigenvalue weighted by molar-refractivity contribution is 5.96. The summed E-state index contributed by atoms with van der Waals surface area (Å²) in [7, 11) is 0. The number of carboxylic acid groups (broad SMARTS) is 2. The number of hydrogen-bond donors (Lipinski definition) is 3. The van der Waals surface area contributed by atoms with E-state index < -0.39 is 11.9 Å². The van der Waals surface area contributed by atoms with Gasteiger partial charge in [-0.1, -0.05) is 6.07 Å². The van der Waals surface area contributed by atoms with Crippen molar-refractivity contribution in [1.82, 2.24) is 5.32 Å². The summed E-state index contributed by atoms with van der Waals surface area (Å²) >= 11 is 0. The molecule has 0 unspecified atom stereocenters. The molecule has 3 N–H and O–H groups in total. The molecule has 0 saturated carbocycles. The molecule has 19 heavy (non-hydrogen) atoms. The van der Waals surface area contributed by atoms with Gasteiger partial charge in [-0.3, -0.25) is 4.79 Å². The van der Waals surface area contributed by atoms with Crippen molar-refractivity contribution in [3.63, 3.8) is 0 Å². The number of amides is 1. The summed E-state index contributed by atoms with van der Waals surface area (Å²) in [6, 6.07) is 4.17. The zero-order valence-electron chi connectivity index (χ0n) is 10.5. The third-order valence-electron chi connectivity index (χ3n) is 2.70. The van der Waals surface area contributed by atoms with Crippen LogP contribution in [-0.4, -0.2) is 34.6 Å². The first-order valence-electron chi connectivity index (χ1n) is 5.76. The van der Waals surface area contributed by atoms with Gasteiger partial charge in [-0.25, -0.2) is 9.59 Å². The van der Waals surface area contributed by atoms with E-state index in [0.29, 0.717) is 0 Å². The van der Waals surface area contributed by atoms with Crippen molar-refractivity contribution in [3.8, 4) is 0 Å². The number of carbonyl (C=O) groups excluding carboxylic acids is 1. The van der Waals surface area contributed by atoms with Gasteiger partial charge in [-0.2, -0.15) is 0 Å². The molecular formula is C13H15NO5. The van der Waals surface area contributed by atoms with Crippen LogP contribution in [0.15, 0.2) is 18.2 Å². The van der Waals surface area contributed by atoms with E-state index in [4.69, 9.17) is 10.2 Å². The van der Waals surface area contributed by atoms with Gasteiger partial charge in [0, 0.05) is 13.0 Å². The molecule has 2 rings (SSSR count). The Bertz CT molecular complexity index is 470. The Balaban J connectivity index is 0.000000250. The van der Waals surface area contributed by atoms with Crippen molar-refractivity contribution in [3.05, 3.63) is 34.9 Å². The van der Waals surface area contributed by atoms with Gasteiger partial charge in [-0.05, 0) is 31.0 Å². The number of carboxylic acids is 2. The maximum absolute atomic E-state index is 10.6. The van der Waals surface area contributed by atoms with Crippen molar-refractivity contribution in [2.45, 2.75) is 19.8 Å². The van der Waals surface area contributed by atoms with Crippen LogP contribution in [0.3, 0.4) is 0 Å². The normalized spacial score (nSPS) is 13.2. The fraction of sp³-hybridized carbons (Fsp3) is 0.308. The zero-order chi connectivity index (χ0) is 14.4. The average molecular weight is 265 g/mol. The molecule has 0 aliphatic carbocycles. The Morgan fingerprint density at radius 1 is 1.16 bits per heavy atom. The molecule has 1 heterocycles. The average Bonchev–Trinajstić information content (AvgIpc) is 2.80. The monoisotopic (exact) mass is 265 g/mol. The van der Waals surface area contributed by atoms with Crippen LogP contribution in [-0.2, 0) is 4.79 Å². The quantitative estimate of drug-likeness (QED) is 0.747. The lowest BCUT2D eigenvalue weighted by atomic mass is 10.0. The Morgan fingerprint density at radius 3 is 1.95 bits per heavy atom. The Labute approximate surface area is 110 Å². The summed E-state index contributed by atoms with van der Waals surface area (Å²) in [5, 5.41) is 20.0. The van der Waals surface area contributed by atoms with Crippen LogP contribution in [0.2, 0.25) is 0 Å².